The zero-order valence-corrected chi connectivity index (χ0v) is 14.8. The number of fused-ring (bicyclic) bond motifs is 3. The van der Waals surface area contributed by atoms with Gasteiger partial charge in [0.15, 0.2) is 0 Å². The van der Waals surface area contributed by atoms with Crippen molar-refractivity contribution in [2.75, 3.05) is 12.4 Å². The summed E-state index contributed by atoms with van der Waals surface area (Å²) in [5.41, 5.74) is 3.82. The lowest BCUT2D eigenvalue weighted by molar-refractivity contribution is 0.103. The first-order chi connectivity index (χ1) is 12.2. The van der Waals surface area contributed by atoms with E-state index in [1.165, 1.54) is 11.3 Å². The minimum atomic E-state index is -0.138. The van der Waals surface area contributed by atoms with Crippen LogP contribution < -0.4 is 14.8 Å². The fourth-order valence-electron chi connectivity index (χ4n) is 2.91. The number of methoxy groups -OCH3 is 1. The molecule has 4 rings (SSSR count). The van der Waals surface area contributed by atoms with Gasteiger partial charge in [-0.15, -0.1) is 11.3 Å². The van der Waals surface area contributed by atoms with Crippen molar-refractivity contribution in [3.63, 3.8) is 0 Å². The predicted molar refractivity (Wildman–Crippen MR) is 99.8 cm³/mol. The Labute approximate surface area is 150 Å². The zero-order chi connectivity index (χ0) is 17.4. The van der Waals surface area contributed by atoms with E-state index in [2.05, 4.69) is 5.32 Å². The van der Waals surface area contributed by atoms with Gasteiger partial charge in [0.25, 0.3) is 5.91 Å². The van der Waals surface area contributed by atoms with Crippen molar-refractivity contribution in [2.24, 2.45) is 0 Å². The van der Waals surface area contributed by atoms with Crippen LogP contribution >= 0.6 is 11.3 Å². The molecule has 2 aromatic carbocycles. The lowest BCUT2D eigenvalue weighted by Gasteiger charge is -2.16. The minimum absolute atomic E-state index is 0.138. The van der Waals surface area contributed by atoms with Crippen molar-refractivity contribution in [2.45, 2.75) is 13.5 Å². The average Bonchev–Trinajstić information content (AvgIpc) is 3.07. The first-order valence-electron chi connectivity index (χ1n) is 7.96. The molecule has 1 amide bonds. The molecule has 1 N–H and O–H groups in total. The Bertz CT molecular complexity index is 961. The van der Waals surface area contributed by atoms with Crippen LogP contribution in [0.4, 0.5) is 5.69 Å². The van der Waals surface area contributed by atoms with Gasteiger partial charge in [0.1, 0.15) is 18.1 Å². The molecule has 126 valence electrons. The quantitative estimate of drug-likeness (QED) is 0.732. The number of hydrogen-bond acceptors (Lipinski definition) is 4. The van der Waals surface area contributed by atoms with Gasteiger partial charge in [-0.2, -0.15) is 0 Å². The molecule has 2 heterocycles. The number of nitrogens with one attached hydrogen (secondary N) is 1. The highest BCUT2D eigenvalue weighted by Gasteiger charge is 2.22. The SMILES string of the molecule is COc1ccc(C)cc1NC(=O)c1cc2c(s1)-c1ccccc1OC2. The van der Waals surface area contributed by atoms with Crippen molar-refractivity contribution in [3.05, 3.63) is 64.5 Å². The van der Waals surface area contributed by atoms with Crippen LogP contribution in [0.5, 0.6) is 11.5 Å². The number of para-hydroxylation sites is 1. The average molecular weight is 351 g/mol. The maximum absolute atomic E-state index is 12.7. The highest BCUT2D eigenvalue weighted by Crippen LogP contribution is 2.42. The first kappa shape index (κ1) is 15.7. The van der Waals surface area contributed by atoms with E-state index >= 15 is 0 Å². The van der Waals surface area contributed by atoms with E-state index in [1.54, 1.807) is 7.11 Å². The van der Waals surface area contributed by atoms with Crippen molar-refractivity contribution in [1.29, 1.82) is 0 Å². The molecule has 0 unspecified atom stereocenters. The van der Waals surface area contributed by atoms with Gasteiger partial charge in [-0.05, 0) is 42.8 Å². The Kier molecular flexibility index (Phi) is 3.93. The second-order valence-electron chi connectivity index (χ2n) is 5.91. The third-order valence-corrected chi connectivity index (χ3v) is 5.36. The summed E-state index contributed by atoms with van der Waals surface area (Å²) in [7, 11) is 1.60. The fourth-order valence-corrected chi connectivity index (χ4v) is 4.01. The molecule has 0 saturated carbocycles. The predicted octanol–water partition coefficient (Wildman–Crippen LogP) is 4.88. The van der Waals surface area contributed by atoms with Crippen LogP contribution in [0.1, 0.15) is 20.8 Å². The van der Waals surface area contributed by atoms with Crippen LogP contribution in [0.3, 0.4) is 0 Å². The number of ether oxygens (including phenoxy) is 2. The Hall–Kier alpha value is -2.79. The lowest BCUT2D eigenvalue weighted by Crippen LogP contribution is -2.11. The molecule has 0 radical (unpaired) electrons. The number of rotatable bonds is 3. The summed E-state index contributed by atoms with van der Waals surface area (Å²) in [6, 6.07) is 15.5. The molecule has 4 nitrogen and oxygen atoms in total. The number of hydrogen-bond donors (Lipinski definition) is 1. The Morgan fingerprint density at radius 1 is 1.20 bits per heavy atom. The summed E-state index contributed by atoms with van der Waals surface area (Å²) in [5, 5.41) is 2.96. The maximum atomic E-state index is 12.7. The smallest absolute Gasteiger partial charge is 0.265 e. The summed E-state index contributed by atoms with van der Waals surface area (Å²) in [4.78, 5) is 14.5. The molecule has 25 heavy (non-hydrogen) atoms. The monoisotopic (exact) mass is 351 g/mol. The van der Waals surface area contributed by atoms with Gasteiger partial charge < -0.3 is 14.8 Å². The Balaban J connectivity index is 1.65. The van der Waals surface area contributed by atoms with E-state index in [4.69, 9.17) is 9.47 Å². The molecule has 0 aliphatic carbocycles. The van der Waals surface area contributed by atoms with Gasteiger partial charge in [-0.3, -0.25) is 4.79 Å². The summed E-state index contributed by atoms with van der Waals surface area (Å²) >= 11 is 1.49. The van der Waals surface area contributed by atoms with Gasteiger partial charge in [0, 0.05) is 16.0 Å². The highest BCUT2D eigenvalue weighted by molar-refractivity contribution is 7.17. The third kappa shape index (κ3) is 2.87. The van der Waals surface area contributed by atoms with Gasteiger partial charge in [-0.25, -0.2) is 0 Å². The maximum Gasteiger partial charge on any atom is 0.265 e. The fraction of sp³-hybridized carbons (Fsp3) is 0.150. The molecule has 0 bridgehead atoms. The highest BCUT2D eigenvalue weighted by atomic mass is 32.1. The van der Waals surface area contributed by atoms with E-state index in [0.717, 1.165) is 27.3 Å². The van der Waals surface area contributed by atoms with Crippen molar-refractivity contribution < 1.29 is 14.3 Å². The van der Waals surface area contributed by atoms with Crippen LogP contribution in [0, 0.1) is 6.92 Å². The zero-order valence-electron chi connectivity index (χ0n) is 14.0. The van der Waals surface area contributed by atoms with Crippen LogP contribution in [-0.2, 0) is 6.61 Å². The largest absolute Gasteiger partial charge is 0.495 e. The molecular formula is C20H17NO3S. The van der Waals surface area contributed by atoms with Crippen LogP contribution in [0.2, 0.25) is 0 Å². The molecule has 1 aliphatic rings. The molecule has 0 saturated heterocycles. The first-order valence-corrected chi connectivity index (χ1v) is 8.78. The number of carbonyl (C=O) groups is 1. The molecule has 0 atom stereocenters. The van der Waals surface area contributed by atoms with E-state index in [1.807, 2.05) is 55.5 Å². The van der Waals surface area contributed by atoms with Gasteiger partial charge in [0.05, 0.1) is 17.7 Å². The number of amides is 1. The number of benzene rings is 2. The van der Waals surface area contributed by atoms with Crippen LogP contribution in [0.25, 0.3) is 10.4 Å². The second-order valence-corrected chi connectivity index (χ2v) is 6.96. The molecule has 1 aromatic heterocycles. The molecular weight excluding hydrogens is 334 g/mol. The summed E-state index contributed by atoms with van der Waals surface area (Å²) in [5.74, 6) is 1.37. The van der Waals surface area contributed by atoms with Crippen molar-refractivity contribution >= 4 is 22.9 Å². The Morgan fingerprint density at radius 3 is 2.88 bits per heavy atom. The van der Waals surface area contributed by atoms with Gasteiger partial charge >= 0.3 is 0 Å². The van der Waals surface area contributed by atoms with E-state index in [0.29, 0.717) is 22.9 Å². The molecule has 0 fully saturated rings. The molecule has 0 spiro atoms. The number of thiophene rings is 1. The summed E-state index contributed by atoms with van der Waals surface area (Å²) < 4.78 is 11.1. The molecule has 5 heteroatoms. The van der Waals surface area contributed by atoms with Crippen molar-refractivity contribution in [3.8, 4) is 21.9 Å². The summed E-state index contributed by atoms with van der Waals surface area (Å²) in [6.07, 6.45) is 0. The van der Waals surface area contributed by atoms with Crippen molar-refractivity contribution in [1.82, 2.24) is 0 Å². The number of carbonyl (C=O) groups excluding carboxylic acids is 1. The molecule has 3 aromatic rings. The van der Waals surface area contributed by atoms with E-state index < -0.39 is 0 Å². The van der Waals surface area contributed by atoms with Crippen LogP contribution in [0.15, 0.2) is 48.5 Å². The van der Waals surface area contributed by atoms with Gasteiger partial charge in [0.2, 0.25) is 0 Å². The number of anilines is 1. The van der Waals surface area contributed by atoms with E-state index in [-0.39, 0.29) is 5.91 Å². The van der Waals surface area contributed by atoms with Gasteiger partial charge in [-0.1, -0.05) is 18.2 Å². The normalized spacial score (nSPS) is 11.9. The van der Waals surface area contributed by atoms with Crippen LogP contribution in [-0.4, -0.2) is 13.0 Å². The van der Waals surface area contributed by atoms with E-state index in [9.17, 15) is 4.79 Å². The lowest BCUT2D eigenvalue weighted by atomic mass is 10.1. The summed E-state index contributed by atoms with van der Waals surface area (Å²) in [6.45, 7) is 2.47. The topological polar surface area (TPSA) is 47.6 Å². The Morgan fingerprint density at radius 2 is 2.04 bits per heavy atom. The number of aryl methyl sites for hydroxylation is 1. The second kappa shape index (κ2) is 6.26. The standard InChI is InChI=1S/C20H17NO3S/c1-12-7-8-17(23-2)15(9-12)21-20(22)18-10-13-11-24-16-6-4-3-5-14(16)19(13)25-18/h3-10H,11H2,1-2H3,(H,21,22). The minimum Gasteiger partial charge on any atom is -0.495 e. The molecule has 1 aliphatic heterocycles. The third-order valence-electron chi connectivity index (χ3n) is 4.15.